The average Bonchev–Trinajstić information content (AvgIpc) is 3.04. The van der Waals surface area contributed by atoms with Crippen LogP contribution in [0, 0.1) is 13.8 Å². The highest BCUT2D eigenvalue weighted by Gasteiger charge is 2.31. The van der Waals surface area contributed by atoms with Crippen LogP contribution in [0.2, 0.25) is 0 Å². The lowest BCUT2D eigenvalue weighted by atomic mass is 10.0. The first-order valence-electron chi connectivity index (χ1n) is 8.06. The zero-order valence-electron chi connectivity index (χ0n) is 13.8. The van der Waals surface area contributed by atoms with Gasteiger partial charge in [-0.1, -0.05) is 29.8 Å². The summed E-state index contributed by atoms with van der Waals surface area (Å²) >= 11 is 0. The summed E-state index contributed by atoms with van der Waals surface area (Å²) in [4.78, 5) is 30.0. The van der Waals surface area contributed by atoms with Gasteiger partial charge in [0.15, 0.2) is 0 Å². The summed E-state index contributed by atoms with van der Waals surface area (Å²) in [5.41, 5.74) is 3.11. The normalized spacial score (nSPS) is 17.1. The lowest BCUT2D eigenvalue weighted by molar-refractivity contribution is 0.0689. The third-order valence-electron chi connectivity index (χ3n) is 4.51. The number of pyridine rings is 1. The zero-order valence-corrected chi connectivity index (χ0v) is 13.8. The van der Waals surface area contributed by atoms with Gasteiger partial charge in [0, 0.05) is 6.54 Å². The topological polar surface area (TPSA) is 70.5 Å². The Morgan fingerprint density at radius 3 is 2.46 bits per heavy atom. The quantitative estimate of drug-likeness (QED) is 0.939. The van der Waals surface area contributed by atoms with Crippen molar-refractivity contribution in [1.82, 2.24) is 9.88 Å². The average molecular weight is 324 g/mol. The number of rotatable bonds is 3. The van der Waals surface area contributed by atoms with E-state index in [1.165, 1.54) is 17.7 Å². The first-order valence-corrected chi connectivity index (χ1v) is 8.06. The van der Waals surface area contributed by atoms with E-state index in [4.69, 9.17) is 5.11 Å². The highest BCUT2D eigenvalue weighted by Crippen LogP contribution is 2.33. The molecule has 0 aliphatic carbocycles. The summed E-state index contributed by atoms with van der Waals surface area (Å²) in [6, 6.07) is 11.3. The number of aromatic nitrogens is 1. The van der Waals surface area contributed by atoms with Gasteiger partial charge in [-0.3, -0.25) is 4.79 Å². The molecule has 1 saturated heterocycles. The smallest absolute Gasteiger partial charge is 0.337 e. The first kappa shape index (κ1) is 16.2. The molecule has 1 amide bonds. The van der Waals surface area contributed by atoms with Crippen molar-refractivity contribution in [1.29, 1.82) is 0 Å². The molecule has 1 aliphatic rings. The van der Waals surface area contributed by atoms with E-state index in [0.29, 0.717) is 17.9 Å². The van der Waals surface area contributed by atoms with Gasteiger partial charge in [-0.15, -0.1) is 0 Å². The van der Waals surface area contributed by atoms with E-state index in [1.54, 1.807) is 6.92 Å². The number of carbonyl (C=O) groups is 2. The van der Waals surface area contributed by atoms with Crippen molar-refractivity contribution in [3.05, 3.63) is 64.5 Å². The van der Waals surface area contributed by atoms with Crippen molar-refractivity contribution in [2.24, 2.45) is 0 Å². The Hall–Kier alpha value is -2.69. The molecule has 124 valence electrons. The number of hydrogen-bond donors (Lipinski definition) is 1. The summed E-state index contributed by atoms with van der Waals surface area (Å²) in [5.74, 6) is -1.17. The molecule has 1 unspecified atom stereocenters. The van der Waals surface area contributed by atoms with Crippen LogP contribution in [0.25, 0.3) is 0 Å². The van der Waals surface area contributed by atoms with E-state index in [0.717, 1.165) is 18.4 Å². The van der Waals surface area contributed by atoms with Crippen LogP contribution in [0.15, 0.2) is 36.4 Å². The fraction of sp³-hybridized carbons (Fsp3) is 0.316. The molecule has 0 spiro atoms. The van der Waals surface area contributed by atoms with Gasteiger partial charge in [0.25, 0.3) is 5.91 Å². The van der Waals surface area contributed by atoms with E-state index in [-0.39, 0.29) is 17.5 Å². The maximum Gasteiger partial charge on any atom is 0.337 e. The van der Waals surface area contributed by atoms with Gasteiger partial charge in [0.05, 0.1) is 17.3 Å². The minimum atomic E-state index is -1.03. The highest BCUT2D eigenvalue weighted by atomic mass is 16.4. The Labute approximate surface area is 140 Å². The Kier molecular flexibility index (Phi) is 4.34. The summed E-state index contributed by atoms with van der Waals surface area (Å²) in [7, 11) is 0. The lowest BCUT2D eigenvalue weighted by Crippen LogP contribution is -2.31. The van der Waals surface area contributed by atoms with E-state index in [2.05, 4.69) is 29.2 Å². The number of aryl methyl sites for hydroxylation is 2. The maximum absolute atomic E-state index is 12.8. The van der Waals surface area contributed by atoms with Gasteiger partial charge in [-0.05, 0) is 44.4 Å². The summed E-state index contributed by atoms with van der Waals surface area (Å²) in [6.07, 6.45) is 1.89. The van der Waals surface area contributed by atoms with E-state index in [9.17, 15) is 9.59 Å². The van der Waals surface area contributed by atoms with Crippen molar-refractivity contribution in [3.63, 3.8) is 0 Å². The molecule has 1 fully saturated rings. The third kappa shape index (κ3) is 3.02. The molecule has 2 aromatic rings. The van der Waals surface area contributed by atoms with Crippen molar-refractivity contribution in [2.45, 2.75) is 32.7 Å². The number of carboxylic acid groups (broad SMARTS) is 1. The first-order chi connectivity index (χ1) is 11.5. The Morgan fingerprint density at radius 1 is 1.12 bits per heavy atom. The standard InChI is InChI=1S/C19H20N2O3/c1-12-5-7-14(8-6-12)17-4-3-11-21(17)18(22)16-10-9-15(19(23)24)13(2)20-16/h5-10,17H,3-4,11H2,1-2H3,(H,23,24). The molecule has 0 saturated carbocycles. The Morgan fingerprint density at radius 2 is 1.83 bits per heavy atom. The van der Waals surface area contributed by atoms with Crippen molar-refractivity contribution >= 4 is 11.9 Å². The van der Waals surface area contributed by atoms with Crippen LogP contribution in [0.3, 0.4) is 0 Å². The van der Waals surface area contributed by atoms with E-state index < -0.39 is 5.97 Å². The highest BCUT2D eigenvalue weighted by molar-refractivity contribution is 5.94. The van der Waals surface area contributed by atoms with Gasteiger partial charge in [-0.25, -0.2) is 9.78 Å². The number of carboxylic acids is 1. The number of hydrogen-bond acceptors (Lipinski definition) is 3. The van der Waals surface area contributed by atoms with Crippen molar-refractivity contribution < 1.29 is 14.7 Å². The molecule has 1 N–H and O–H groups in total. The number of nitrogens with zero attached hydrogens (tertiary/aromatic N) is 2. The van der Waals surface area contributed by atoms with Crippen LogP contribution in [0.5, 0.6) is 0 Å². The Balaban J connectivity index is 1.87. The molecule has 1 atom stereocenters. The summed E-state index contributed by atoms with van der Waals surface area (Å²) in [6.45, 7) is 4.35. The minimum absolute atomic E-state index is 0.0550. The van der Waals surface area contributed by atoms with Crippen LogP contribution < -0.4 is 0 Å². The molecule has 2 heterocycles. The van der Waals surface area contributed by atoms with Gasteiger partial charge < -0.3 is 10.0 Å². The molecular formula is C19H20N2O3. The molecule has 1 aromatic carbocycles. The number of carbonyl (C=O) groups excluding carboxylic acids is 1. The molecule has 0 radical (unpaired) electrons. The second-order valence-electron chi connectivity index (χ2n) is 6.20. The lowest BCUT2D eigenvalue weighted by Gasteiger charge is -2.25. The molecule has 3 rings (SSSR count). The van der Waals surface area contributed by atoms with Crippen LogP contribution in [-0.2, 0) is 0 Å². The van der Waals surface area contributed by atoms with Crippen LogP contribution in [-0.4, -0.2) is 33.4 Å². The van der Waals surface area contributed by atoms with E-state index in [1.807, 2.05) is 11.8 Å². The molecule has 24 heavy (non-hydrogen) atoms. The molecular weight excluding hydrogens is 304 g/mol. The number of likely N-dealkylation sites (tertiary alicyclic amines) is 1. The second kappa shape index (κ2) is 6.43. The monoisotopic (exact) mass is 324 g/mol. The summed E-state index contributed by atoms with van der Waals surface area (Å²) < 4.78 is 0. The fourth-order valence-electron chi connectivity index (χ4n) is 3.20. The molecule has 1 aliphatic heterocycles. The van der Waals surface area contributed by atoms with Crippen LogP contribution >= 0.6 is 0 Å². The SMILES string of the molecule is Cc1ccc(C2CCCN2C(=O)c2ccc(C(=O)O)c(C)n2)cc1. The third-order valence-corrected chi connectivity index (χ3v) is 4.51. The predicted molar refractivity (Wildman–Crippen MR) is 90.1 cm³/mol. The largest absolute Gasteiger partial charge is 0.478 e. The molecule has 5 heteroatoms. The summed E-state index contributed by atoms with van der Waals surface area (Å²) in [5, 5.41) is 9.08. The minimum Gasteiger partial charge on any atom is -0.478 e. The molecule has 0 bridgehead atoms. The molecule has 5 nitrogen and oxygen atoms in total. The van der Waals surface area contributed by atoms with Crippen LogP contribution in [0.4, 0.5) is 0 Å². The van der Waals surface area contributed by atoms with Crippen molar-refractivity contribution in [2.75, 3.05) is 6.54 Å². The molecule has 1 aromatic heterocycles. The predicted octanol–water partition coefficient (Wildman–Crippen LogP) is 3.37. The van der Waals surface area contributed by atoms with Gasteiger partial charge in [0.2, 0.25) is 0 Å². The van der Waals surface area contributed by atoms with Gasteiger partial charge >= 0.3 is 5.97 Å². The van der Waals surface area contributed by atoms with Crippen LogP contribution in [0.1, 0.15) is 56.6 Å². The zero-order chi connectivity index (χ0) is 17.3. The second-order valence-corrected chi connectivity index (χ2v) is 6.20. The fourth-order valence-corrected chi connectivity index (χ4v) is 3.20. The number of aromatic carboxylic acids is 1. The van der Waals surface area contributed by atoms with Gasteiger partial charge in [0.1, 0.15) is 5.69 Å². The Bertz CT molecular complexity index is 784. The number of benzene rings is 1. The van der Waals surface area contributed by atoms with E-state index >= 15 is 0 Å². The van der Waals surface area contributed by atoms with Crippen molar-refractivity contribution in [3.8, 4) is 0 Å². The number of amides is 1. The maximum atomic E-state index is 12.8. The van der Waals surface area contributed by atoms with Gasteiger partial charge in [-0.2, -0.15) is 0 Å².